The summed E-state index contributed by atoms with van der Waals surface area (Å²) >= 11 is 0. The maximum Gasteiger partial charge on any atom is 0.193 e. The predicted molar refractivity (Wildman–Crippen MR) is 111 cm³/mol. The lowest BCUT2D eigenvalue weighted by Gasteiger charge is -2.25. The van der Waals surface area contributed by atoms with Crippen LogP contribution in [-0.4, -0.2) is 69.8 Å². The Bertz CT molecular complexity index is 520. The Morgan fingerprint density at radius 1 is 1.32 bits per heavy atom. The summed E-state index contributed by atoms with van der Waals surface area (Å²) in [6, 6.07) is 6.67. The molecule has 1 unspecified atom stereocenters. The molecule has 1 aliphatic rings. The molecule has 142 valence electrons. The van der Waals surface area contributed by atoms with Gasteiger partial charge in [-0.25, -0.2) is 4.39 Å². The van der Waals surface area contributed by atoms with E-state index in [9.17, 15) is 4.39 Å². The van der Waals surface area contributed by atoms with E-state index in [4.69, 9.17) is 4.74 Å². The third-order valence-electron chi connectivity index (χ3n) is 4.27. The quantitative estimate of drug-likeness (QED) is 0.383. The van der Waals surface area contributed by atoms with Gasteiger partial charge in [-0.2, -0.15) is 0 Å². The number of ether oxygens (including phenoxy) is 1. The molecule has 1 aromatic carbocycles. The summed E-state index contributed by atoms with van der Waals surface area (Å²) in [5.41, 5.74) is 1.11. The van der Waals surface area contributed by atoms with Crippen molar-refractivity contribution < 1.29 is 9.13 Å². The highest BCUT2D eigenvalue weighted by Crippen LogP contribution is 2.13. The molecule has 0 amide bonds. The zero-order valence-corrected chi connectivity index (χ0v) is 17.7. The molecule has 0 radical (unpaired) electrons. The largest absolute Gasteiger partial charge is 0.381 e. The molecule has 1 N–H and O–H groups in total. The van der Waals surface area contributed by atoms with Crippen LogP contribution in [0.15, 0.2) is 29.3 Å². The summed E-state index contributed by atoms with van der Waals surface area (Å²) in [5.74, 6) is 1.31. The Balaban J connectivity index is 0.00000312. The van der Waals surface area contributed by atoms with Crippen LogP contribution in [0.5, 0.6) is 0 Å². The molecule has 1 aliphatic heterocycles. The summed E-state index contributed by atoms with van der Waals surface area (Å²) in [4.78, 5) is 8.72. The zero-order valence-electron chi connectivity index (χ0n) is 15.4. The molecule has 0 aromatic heterocycles. The van der Waals surface area contributed by atoms with E-state index in [0.29, 0.717) is 5.92 Å². The van der Waals surface area contributed by atoms with Crippen LogP contribution in [0.3, 0.4) is 0 Å². The molecular weight excluding hydrogens is 434 g/mol. The van der Waals surface area contributed by atoms with E-state index in [-0.39, 0.29) is 29.8 Å². The summed E-state index contributed by atoms with van der Waals surface area (Å²) in [5, 5.41) is 3.40. The summed E-state index contributed by atoms with van der Waals surface area (Å²) in [7, 11) is 5.94. The van der Waals surface area contributed by atoms with Crippen molar-refractivity contribution in [3.63, 3.8) is 0 Å². The van der Waals surface area contributed by atoms with Gasteiger partial charge in [0.2, 0.25) is 0 Å². The molecule has 0 spiro atoms. The van der Waals surface area contributed by atoms with Gasteiger partial charge >= 0.3 is 0 Å². The van der Waals surface area contributed by atoms with Gasteiger partial charge in [0.05, 0.1) is 6.61 Å². The Kier molecular flexibility index (Phi) is 10.3. The van der Waals surface area contributed by atoms with Gasteiger partial charge in [-0.1, -0.05) is 12.1 Å². The van der Waals surface area contributed by atoms with Crippen LogP contribution in [0.25, 0.3) is 0 Å². The number of guanidine groups is 1. The van der Waals surface area contributed by atoms with Crippen LogP contribution in [-0.2, 0) is 11.3 Å². The SMILES string of the molecule is CN=C(NCCN(C)Cc1ccc(F)cc1)N(C)CC1CCOC1.I. The van der Waals surface area contributed by atoms with E-state index in [1.807, 2.05) is 19.2 Å². The normalized spacial score (nSPS) is 17.5. The van der Waals surface area contributed by atoms with Crippen LogP contribution < -0.4 is 5.32 Å². The van der Waals surface area contributed by atoms with E-state index >= 15 is 0 Å². The van der Waals surface area contributed by atoms with E-state index in [1.54, 1.807) is 0 Å². The highest BCUT2D eigenvalue weighted by atomic mass is 127. The molecule has 5 nitrogen and oxygen atoms in total. The van der Waals surface area contributed by atoms with Crippen molar-refractivity contribution in [2.24, 2.45) is 10.9 Å². The molecule has 7 heteroatoms. The first-order valence-corrected chi connectivity index (χ1v) is 8.51. The highest BCUT2D eigenvalue weighted by molar-refractivity contribution is 14.0. The minimum atomic E-state index is -0.192. The van der Waals surface area contributed by atoms with Crippen LogP contribution in [0.1, 0.15) is 12.0 Å². The average Bonchev–Trinajstić information content (AvgIpc) is 3.06. The number of rotatable bonds is 7. The number of nitrogens with zero attached hydrogens (tertiary/aromatic N) is 3. The fraction of sp³-hybridized carbons (Fsp3) is 0.611. The second-order valence-corrected chi connectivity index (χ2v) is 6.45. The molecule has 1 aromatic rings. The minimum Gasteiger partial charge on any atom is -0.381 e. The summed E-state index contributed by atoms with van der Waals surface area (Å²) < 4.78 is 18.4. The van der Waals surface area contributed by atoms with Gasteiger partial charge in [-0.05, 0) is 31.2 Å². The number of halogens is 2. The number of hydrogen-bond acceptors (Lipinski definition) is 3. The number of hydrogen-bond donors (Lipinski definition) is 1. The van der Waals surface area contributed by atoms with Crippen LogP contribution in [0, 0.1) is 11.7 Å². The van der Waals surface area contributed by atoms with Gasteiger partial charge in [0.1, 0.15) is 5.82 Å². The molecule has 1 saturated heterocycles. The van der Waals surface area contributed by atoms with Crippen molar-refractivity contribution in [1.82, 2.24) is 15.1 Å². The first-order valence-electron chi connectivity index (χ1n) is 8.51. The fourth-order valence-corrected chi connectivity index (χ4v) is 2.92. The van der Waals surface area contributed by atoms with Gasteiger partial charge < -0.3 is 19.9 Å². The van der Waals surface area contributed by atoms with Crippen LogP contribution >= 0.6 is 24.0 Å². The molecule has 1 heterocycles. The highest BCUT2D eigenvalue weighted by Gasteiger charge is 2.18. The third-order valence-corrected chi connectivity index (χ3v) is 4.27. The summed E-state index contributed by atoms with van der Waals surface area (Å²) in [6.07, 6.45) is 1.13. The van der Waals surface area contributed by atoms with Gasteiger partial charge in [0, 0.05) is 52.8 Å². The smallest absolute Gasteiger partial charge is 0.193 e. The van der Waals surface area contributed by atoms with Crippen molar-refractivity contribution in [2.45, 2.75) is 13.0 Å². The van der Waals surface area contributed by atoms with Gasteiger partial charge in [-0.15, -0.1) is 24.0 Å². The number of nitrogens with one attached hydrogen (secondary N) is 1. The van der Waals surface area contributed by atoms with E-state index in [1.165, 1.54) is 12.1 Å². The van der Waals surface area contributed by atoms with Crippen molar-refractivity contribution in [2.75, 3.05) is 54.0 Å². The third kappa shape index (κ3) is 7.87. The standard InChI is InChI=1S/C18H29FN4O.HI/c1-20-18(23(3)13-16-8-11-24-14-16)21-9-10-22(2)12-15-4-6-17(19)7-5-15;/h4-7,16H,8-14H2,1-3H3,(H,20,21);1H. The number of benzene rings is 1. The lowest BCUT2D eigenvalue weighted by atomic mass is 10.1. The lowest BCUT2D eigenvalue weighted by Crippen LogP contribution is -2.43. The van der Waals surface area contributed by atoms with Gasteiger partial charge in [-0.3, -0.25) is 4.99 Å². The van der Waals surface area contributed by atoms with Gasteiger partial charge in [0.15, 0.2) is 5.96 Å². The Hall–Kier alpha value is -0.930. The molecule has 1 fully saturated rings. The van der Waals surface area contributed by atoms with Gasteiger partial charge in [0.25, 0.3) is 0 Å². The molecule has 25 heavy (non-hydrogen) atoms. The second kappa shape index (κ2) is 11.6. The molecule has 0 bridgehead atoms. The zero-order chi connectivity index (χ0) is 17.4. The molecular formula is C18H30FIN4O. The monoisotopic (exact) mass is 464 g/mol. The molecule has 0 aliphatic carbocycles. The fourth-order valence-electron chi connectivity index (χ4n) is 2.92. The van der Waals surface area contributed by atoms with Crippen molar-refractivity contribution in [3.8, 4) is 0 Å². The summed E-state index contributed by atoms with van der Waals surface area (Å²) in [6.45, 7) is 5.19. The van der Waals surface area contributed by atoms with E-state index in [2.05, 4.69) is 34.2 Å². The Labute approximate surface area is 167 Å². The Morgan fingerprint density at radius 3 is 2.64 bits per heavy atom. The topological polar surface area (TPSA) is 40.1 Å². The molecule has 1 atom stereocenters. The van der Waals surface area contributed by atoms with E-state index < -0.39 is 0 Å². The van der Waals surface area contributed by atoms with E-state index in [0.717, 1.165) is 57.3 Å². The lowest BCUT2D eigenvalue weighted by molar-refractivity contribution is 0.181. The van der Waals surface area contributed by atoms with Crippen LogP contribution in [0.4, 0.5) is 4.39 Å². The number of likely N-dealkylation sites (N-methyl/N-ethyl adjacent to an activating group) is 1. The second-order valence-electron chi connectivity index (χ2n) is 6.45. The van der Waals surface area contributed by atoms with Crippen molar-refractivity contribution >= 4 is 29.9 Å². The maximum atomic E-state index is 12.9. The first kappa shape index (κ1) is 22.1. The van der Waals surface area contributed by atoms with Crippen molar-refractivity contribution in [1.29, 1.82) is 0 Å². The first-order chi connectivity index (χ1) is 11.6. The molecule has 0 saturated carbocycles. The van der Waals surface area contributed by atoms with Crippen molar-refractivity contribution in [3.05, 3.63) is 35.6 Å². The average molecular weight is 464 g/mol. The Morgan fingerprint density at radius 2 is 2.04 bits per heavy atom. The maximum absolute atomic E-state index is 12.9. The molecule has 2 rings (SSSR count). The minimum absolute atomic E-state index is 0. The van der Waals surface area contributed by atoms with Crippen LogP contribution in [0.2, 0.25) is 0 Å². The number of aliphatic imine (C=N–C) groups is 1. The predicted octanol–water partition coefficient (Wildman–Crippen LogP) is 2.42.